The maximum atomic E-state index is 10.7. The standard InChI is InChI=1S/C15H15NO4/c1-19-14-4-2-3-11(7-14)9-20-10-13-6-5-12(8-16-13)15(17)18/h2-8H,9-10H2,1H3,(H,17,18). The van der Waals surface area contributed by atoms with E-state index in [-0.39, 0.29) is 5.56 Å². The van der Waals surface area contributed by atoms with Crippen LogP contribution >= 0.6 is 0 Å². The van der Waals surface area contributed by atoms with Crippen LogP contribution in [0.25, 0.3) is 0 Å². The van der Waals surface area contributed by atoms with Crippen LogP contribution in [0.2, 0.25) is 0 Å². The second kappa shape index (κ2) is 6.68. The van der Waals surface area contributed by atoms with E-state index in [0.29, 0.717) is 18.9 Å². The predicted octanol–water partition coefficient (Wildman–Crippen LogP) is 2.51. The summed E-state index contributed by atoms with van der Waals surface area (Å²) in [4.78, 5) is 14.7. The number of methoxy groups -OCH3 is 1. The molecular weight excluding hydrogens is 258 g/mol. The lowest BCUT2D eigenvalue weighted by atomic mass is 10.2. The van der Waals surface area contributed by atoms with E-state index >= 15 is 0 Å². The average molecular weight is 273 g/mol. The molecule has 0 spiro atoms. The molecule has 0 saturated carbocycles. The number of hydrogen-bond donors (Lipinski definition) is 1. The molecular formula is C15H15NO4. The maximum absolute atomic E-state index is 10.7. The normalized spacial score (nSPS) is 10.2. The van der Waals surface area contributed by atoms with Crippen molar-refractivity contribution in [2.24, 2.45) is 0 Å². The zero-order valence-corrected chi connectivity index (χ0v) is 11.1. The molecule has 1 N–H and O–H groups in total. The molecule has 0 saturated heterocycles. The number of benzene rings is 1. The van der Waals surface area contributed by atoms with E-state index in [1.54, 1.807) is 13.2 Å². The van der Waals surface area contributed by atoms with Gasteiger partial charge in [-0.1, -0.05) is 12.1 Å². The molecule has 0 aliphatic heterocycles. The van der Waals surface area contributed by atoms with Gasteiger partial charge in [-0.3, -0.25) is 4.98 Å². The Kier molecular flexibility index (Phi) is 4.68. The zero-order valence-electron chi connectivity index (χ0n) is 11.1. The molecule has 2 aromatic rings. The van der Waals surface area contributed by atoms with Gasteiger partial charge in [0.1, 0.15) is 5.75 Å². The fourth-order valence-corrected chi connectivity index (χ4v) is 1.67. The third kappa shape index (κ3) is 3.80. The number of rotatable bonds is 6. The monoisotopic (exact) mass is 273 g/mol. The first-order chi connectivity index (χ1) is 9.69. The molecule has 5 heteroatoms. The van der Waals surface area contributed by atoms with Gasteiger partial charge in [0.15, 0.2) is 0 Å². The van der Waals surface area contributed by atoms with Crippen molar-refractivity contribution >= 4 is 5.97 Å². The molecule has 2 rings (SSSR count). The van der Waals surface area contributed by atoms with Crippen molar-refractivity contribution in [1.82, 2.24) is 4.98 Å². The van der Waals surface area contributed by atoms with Crippen LogP contribution in [0.3, 0.4) is 0 Å². The number of nitrogens with zero attached hydrogens (tertiary/aromatic N) is 1. The molecule has 104 valence electrons. The molecule has 0 radical (unpaired) electrons. The van der Waals surface area contributed by atoms with Crippen LogP contribution in [0.1, 0.15) is 21.6 Å². The average Bonchev–Trinajstić information content (AvgIpc) is 2.48. The number of pyridine rings is 1. The maximum Gasteiger partial charge on any atom is 0.337 e. The molecule has 0 aliphatic carbocycles. The molecule has 0 aliphatic rings. The SMILES string of the molecule is COc1cccc(COCc2ccc(C(=O)O)cn2)c1. The smallest absolute Gasteiger partial charge is 0.337 e. The minimum Gasteiger partial charge on any atom is -0.497 e. The minimum atomic E-state index is -0.985. The van der Waals surface area contributed by atoms with Gasteiger partial charge in [-0.2, -0.15) is 0 Å². The first kappa shape index (κ1) is 14.0. The van der Waals surface area contributed by atoms with Gasteiger partial charge >= 0.3 is 5.97 Å². The van der Waals surface area contributed by atoms with E-state index in [4.69, 9.17) is 14.6 Å². The van der Waals surface area contributed by atoms with E-state index in [2.05, 4.69) is 4.98 Å². The summed E-state index contributed by atoms with van der Waals surface area (Å²) in [5.41, 5.74) is 1.87. The van der Waals surface area contributed by atoms with Crippen molar-refractivity contribution in [2.45, 2.75) is 13.2 Å². The van der Waals surface area contributed by atoms with E-state index in [1.165, 1.54) is 12.3 Å². The molecule has 1 aromatic heterocycles. The van der Waals surface area contributed by atoms with Crippen LogP contribution in [-0.2, 0) is 18.0 Å². The van der Waals surface area contributed by atoms with Gasteiger partial charge in [-0.15, -0.1) is 0 Å². The summed E-state index contributed by atoms with van der Waals surface area (Å²) < 4.78 is 10.7. The van der Waals surface area contributed by atoms with Crippen LogP contribution in [-0.4, -0.2) is 23.2 Å². The highest BCUT2D eigenvalue weighted by molar-refractivity contribution is 5.87. The van der Waals surface area contributed by atoms with E-state index < -0.39 is 5.97 Å². The molecule has 20 heavy (non-hydrogen) atoms. The summed E-state index contributed by atoms with van der Waals surface area (Å²) >= 11 is 0. The summed E-state index contributed by atoms with van der Waals surface area (Å²) in [5, 5.41) is 8.77. The van der Waals surface area contributed by atoms with Crippen LogP contribution in [0.5, 0.6) is 5.75 Å². The molecule has 5 nitrogen and oxygen atoms in total. The van der Waals surface area contributed by atoms with E-state index in [9.17, 15) is 4.79 Å². The Labute approximate surface area is 116 Å². The number of hydrogen-bond acceptors (Lipinski definition) is 4. The topological polar surface area (TPSA) is 68.7 Å². The van der Waals surface area contributed by atoms with Crippen molar-refractivity contribution < 1.29 is 19.4 Å². The van der Waals surface area contributed by atoms with Crippen LogP contribution in [0, 0.1) is 0 Å². The summed E-state index contributed by atoms with van der Waals surface area (Å²) in [5.74, 6) is -0.198. The molecule has 0 fully saturated rings. The highest BCUT2D eigenvalue weighted by Gasteiger charge is 2.03. The summed E-state index contributed by atoms with van der Waals surface area (Å²) in [6.07, 6.45) is 1.33. The van der Waals surface area contributed by atoms with Crippen LogP contribution in [0.15, 0.2) is 42.6 Å². The molecule has 0 unspecified atom stereocenters. The summed E-state index contributed by atoms with van der Waals surface area (Å²) in [6, 6.07) is 10.8. The lowest BCUT2D eigenvalue weighted by molar-refractivity contribution is 0.0696. The highest BCUT2D eigenvalue weighted by Crippen LogP contribution is 2.13. The van der Waals surface area contributed by atoms with Crippen molar-refractivity contribution in [2.75, 3.05) is 7.11 Å². The zero-order chi connectivity index (χ0) is 14.4. The summed E-state index contributed by atoms with van der Waals surface area (Å²) in [6.45, 7) is 0.774. The Morgan fingerprint density at radius 1 is 1.25 bits per heavy atom. The Morgan fingerprint density at radius 3 is 2.75 bits per heavy atom. The lowest BCUT2D eigenvalue weighted by Gasteiger charge is -2.06. The fourth-order valence-electron chi connectivity index (χ4n) is 1.67. The Hall–Kier alpha value is -2.40. The van der Waals surface area contributed by atoms with Crippen LogP contribution in [0.4, 0.5) is 0 Å². The molecule has 0 amide bonds. The molecule has 0 atom stereocenters. The Morgan fingerprint density at radius 2 is 2.10 bits per heavy atom. The molecule has 1 heterocycles. The number of ether oxygens (including phenoxy) is 2. The van der Waals surface area contributed by atoms with Gasteiger partial charge in [-0.05, 0) is 29.8 Å². The van der Waals surface area contributed by atoms with Crippen molar-refractivity contribution in [3.05, 3.63) is 59.4 Å². The molecule has 0 bridgehead atoms. The third-order valence-electron chi connectivity index (χ3n) is 2.72. The van der Waals surface area contributed by atoms with Gasteiger partial charge in [0.25, 0.3) is 0 Å². The lowest BCUT2D eigenvalue weighted by Crippen LogP contribution is -2.00. The number of carbonyl (C=O) groups is 1. The Bertz CT molecular complexity index is 581. The molecule has 1 aromatic carbocycles. The van der Waals surface area contributed by atoms with Gasteiger partial charge < -0.3 is 14.6 Å². The predicted molar refractivity (Wildman–Crippen MR) is 72.7 cm³/mol. The van der Waals surface area contributed by atoms with E-state index in [0.717, 1.165) is 11.3 Å². The van der Waals surface area contributed by atoms with E-state index in [1.807, 2.05) is 24.3 Å². The van der Waals surface area contributed by atoms with Gasteiger partial charge in [0.05, 0.1) is 31.6 Å². The minimum absolute atomic E-state index is 0.168. The fraction of sp³-hybridized carbons (Fsp3) is 0.200. The third-order valence-corrected chi connectivity index (χ3v) is 2.72. The second-order valence-corrected chi connectivity index (χ2v) is 4.19. The van der Waals surface area contributed by atoms with Crippen molar-refractivity contribution in [3.8, 4) is 5.75 Å². The van der Waals surface area contributed by atoms with Gasteiger partial charge in [-0.25, -0.2) is 4.79 Å². The number of aromatic carboxylic acids is 1. The first-order valence-electron chi connectivity index (χ1n) is 6.08. The second-order valence-electron chi connectivity index (χ2n) is 4.19. The number of carboxylic acid groups (broad SMARTS) is 1. The van der Waals surface area contributed by atoms with Crippen LogP contribution < -0.4 is 4.74 Å². The quantitative estimate of drug-likeness (QED) is 0.875. The summed E-state index contributed by atoms with van der Waals surface area (Å²) in [7, 11) is 1.62. The highest BCUT2D eigenvalue weighted by atomic mass is 16.5. The first-order valence-corrected chi connectivity index (χ1v) is 6.08. The van der Waals surface area contributed by atoms with Gasteiger partial charge in [0.2, 0.25) is 0 Å². The largest absolute Gasteiger partial charge is 0.497 e. The number of carboxylic acids is 1. The Balaban J connectivity index is 1.87. The van der Waals surface area contributed by atoms with Gasteiger partial charge in [0, 0.05) is 6.20 Å². The van der Waals surface area contributed by atoms with Crippen molar-refractivity contribution in [1.29, 1.82) is 0 Å². The van der Waals surface area contributed by atoms with Crippen molar-refractivity contribution in [3.63, 3.8) is 0 Å². The number of aromatic nitrogens is 1.